The number of nitrogens with zero attached hydrogens (tertiary/aromatic N) is 3. The Hall–Kier alpha value is -3.88. The van der Waals surface area contributed by atoms with Crippen LogP contribution < -0.4 is 10.1 Å². The number of ether oxygens (including phenoxy) is 1. The van der Waals surface area contributed by atoms with Crippen LogP contribution in [0.5, 0.6) is 5.75 Å². The molecule has 0 aliphatic rings. The van der Waals surface area contributed by atoms with Crippen molar-refractivity contribution in [3.8, 4) is 5.75 Å². The molecule has 1 heterocycles. The molecular formula is C25H20Cl2N4O4. The third-order valence-electron chi connectivity index (χ3n) is 5.16. The van der Waals surface area contributed by atoms with E-state index < -0.39 is 4.92 Å². The van der Waals surface area contributed by atoms with Crippen molar-refractivity contribution in [2.45, 2.75) is 20.1 Å². The van der Waals surface area contributed by atoms with Crippen LogP contribution >= 0.6 is 23.2 Å². The van der Waals surface area contributed by atoms with Gasteiger partial charge in [0.25, 0.3) is 5.91 Å². The predicted octanol–water partition coefficient (Wildman–Crippen LogP) is 6.29. The van der Waals surface area contributed by atoms with Gasteiger partial charge in [0.2, 0.25) is 0 Å². The first-order valence-electron chi connectivity index (χ1n) is 10.5. The Labute approximate surface area is 211 Å². The Morgan fingerprint density at radius 3 is 2.57 bits per heavy atom. The van der Waals surface area contributed by atoms with Gasteiger partial charge in [0.1, 0.15) is 6.61 Å². The Bertz CT molecular complexity index is 1380. The predicted molar refractivity (Wildman–Crippen MR) is 134 cm³/mol. The minimum Gasteiger partial charge on any atom is -0.482 e. The summed E-state index contributed by atoms with van der Waals surface area (Å²) in [6.45, 7) is 2.19. The van der Waals surface area contributed by atoms with Crippen molar-refractivity contribution in [1.29, 1.82) is 0 Å². The summed E-state index contributed by atoms with van der Waals surface area (Å²) >= 11 is 12.4. The zero-order valence-electron chi connectivity index (χ0n) is 18.6. The number of halogens is 2. The molecule has 0 spiro atoms. The molecule has 3 aromatic carbocycles. The molecule has 0 fully saturated rings. The lowest BCUT2D eigenvalue weighted by Crippen LogP contribution is -2.13. The second-order valence-corrected chi connectivity index (χ2v) is 8.58. The molecule has 35 heavy (non-hydrogen) atoms. The van der Waals surface area contributed by atoms with E-state index in [-0.39, 0.29) is 24.0 Å². The molecule has 0 unspecified atom stereocenters. The van der Waals surface area contributed by atoms with Crippen molar-refractivity contribution in [2.24, 2.45) is 0 Å². The van der Waals surface area contributed by atoms with Gasteiger partial charge >= 0.3 is 5.69 Å². The van der Waals surface area contributed by atoms with Gasteiger partial charge in [-0.05, 0) is 48.4 Å². The van der Waals surface area contributed by atoms with E-state index in [2.05, 4.69) is 10.4 Å². The molecule has 0 radical (unpaired) electrons. The number of aryl methyl sites for hydroxylation is 1. The molecule has 0 saturated carbocycles. The summed E-state index contributed by atoms with van der Waals surface area (Å²) < 4.78 is 7.29. The monoisotopic (exact) mass is 510 g/mol. The molecule has 0 saturated heterocycles. The molecule has 0 aliphatic carbocycles. The van der Waals surface area contributed by atoms with Crippen LogP contribution in [-0.4, -0.2) is 20.6 Å². The Morgan fingerprint density at radius 1 is 1.09 bits per heavy atom. The van der Waals surface area contributed by atoms with Crippen molar-refractivity contribution >= 4 is 40.6 Å². The van der Waals surface area contributed by atoms with E-state index in [1.807, 2.05) is 0 Å². The number of anilines is 1. The Kier molecular flexibility index (Phi) is 7.33. The summed E-state index contributed by atoms with van der Waals surface area (Å²) in [4.78, 5) is 23.6. The van der Waals surface area contributed by atoms with Gasteiger partial charge in [-0.2, -0.15) is 5.10 Å². The lowest BCUT2D eigenvalue weighted by Gasteiger charge is -2.09. The van der Waals surface area contributed by atoms with Gasteiger partial charge in [-0.3, -0.25) is 19.6 Å². The zero-order valence-corrected chi connectivity index (χ0v) is 20.1. The Balaban J connectivity index is 1.41. The molecule has 10 heteroatoms. The topological polar surface area (TPSA) is 99.3 Å². The average Bonchev–Trinajstić information content (AvgIpc) is 3.27. The second kappa shape index (κ2) is 10.6. The first-order chi connectivity index (χ1) is 16.8. The fourth-order valence-corrected chi connectivity index (χ4v) is 3.92. The minimum atomic E-state index is -0.481. The van der Waals surface area contributed by atoms with Crippen LogP contribution in [-0.2, 0) is 13.2 Å². The molecule has 0 aliphatic heterocycles. The highest BCUT2D eigenvalue weighted by Gasteiger charge is 2.16. The maximum absolute atomic E-state index is 12.8. The fourth-order valence-electron chi connectivity index (χ4n) is 3.41. The highest BCUT2D eigenvalue weighted by atomic mass is 35.5. The van der Waals surface area contributed by atoms with E-state index >= 15 is 0 Å². The molecule has 4 aromatic rings. The summed E-state index contributed by atoms with van der Waals surface area (Å²) in [7, 11) is 0. The quantitative estimate of drug-likeness (QED) is 0.222. The summed E-state index contributed by atoms with van der Waals surface area (Å²) in [6, 6.07) is 18.5. The van der Waals surface area contributed by atoms with Crippen LogP contribution in [0.4, 0.5) is 11.5 Å². The molecule has 4 rings (SSSR count). The number of nitrogens with one attached hydrogen (secondary N) is 1. The minimum absolute atomic E-state index is 0.0677. The van der Waals surface area contributed by atoms with Crippen molar-refractivity contribution in [2.75, 3.05) is 5.32 Å². The number of nitro groups is 1. The van der Waals surface area contributed by atoms with E-state index in [4.69, 9.17) is 27.9 Å². The maximum Gasteiger partial charge on any atom is 0.311 e. The van der Waals surface area contributed by atoms with Crippen molar-refractivity contribution in [3.05, 3.63) is 115 Å². The molecule has 1 N–H and O–H groups in total. The molecule has 1 amide bonds. The van der Waals surface area contributed by atoms with Gasteiger partial charge in [0.05, 0.1) is 11.5 Å². The molecular weight excluding hydrogens is 491 g/mol. The van der Waals surface area contributed by atoms with Gasteiger partial charge < -0.3 is 10.1 Å². The summed E-state index contributed by atoms with van der Waals surface area (Å²) in [5, 5.41) is 19.5. The number of rotatable bonds is 8. The molecule has 178 valence electrons. The SMILES string of the molecule is Cc1ccc(OCc2cccc(C(=O)Nc3ccn(Cc4c(Cl)cccc4Cl)n3)c2)c([N+](=O)[O-])c1. The number of amides is 1. The number of carbonyl (C=O) groups excluding carboxylic acids is 1. The average molecular weight is 511 g/mol. The number of nitro benzene ring substituents is 1. The molecule has 1 aromatic heterocycles. The second-order valence-electron chi connectivity index (χ2n) is 7.77. The summed E-state index contributed by atoms with van der Waals surface area (Å²) in [5.74, 6) is 0.184. The first kappa shape index (κ1) is 24.3. The maximum atomic E-state index is 12.8. The van der Waals surface area contributed by atoms with E-state index in [1.54, 1.807) is 78.5 Å². The fraction of sp³-hybridized carbons (Fsp3) is 0.120. The molecule has 0 atom stereocenters. The van der Waals surface area contributed by atoms with Crippen molar-refractivity contribution in [1.82, 2.24) is 9.78 Å². The summed E-state index contributed by atoms with van der Waals surface area (Å²) in [5.41, 5.74) is 2.48. The standard InChI is InChI=1S/C25H20Cl2N4O4/c1-16-8-9-23(22(12-16)31(33)34)35-15-17-4-2-5-18(13-17)25(32)28-24-10-11-30(29-24)14-19-20(26)6-3-7-21(19)27/h2-13H,14-15H2,1H3,(H,28,29,32). The lowest BCUT2D eigenvalue weighted by atomic mass is 10.1. The normalized spacial score (nSPS) is 10.7. The van der Waals surface area contributed by atoms with Gasteiger partial charge in [-0.1, -0.05) is 47.5 Å². The van der Waals surface area contributed by atoms with Crippen LogP contribution in [0.3, 0.4) is 0 Å². The molecule has 8 nitrogen and oxygen atoms in total. The zero-order chi connectivity index (χ0) is 24.9. The van der Waals surface area contributed by atoms with E-state index in [1.165, 1.54) is 6.07 Å². The number of hydrogen-bond acceptors (Lipinski definition) is 5. The van der Waals surface area contributed by atoms with Crippen LogP contribution in [0.15, 0.2) is 72.9 Å². The number of aromatic nitrogens is 2. The van der Waals surface area contributed by atoms with Crippen LogP contribution in [0, 0.1) is 17.0 Å². The van der Waals surface area contributed by atoms with Crippen molar-refractivity contribution in [3.63, 3.8) is 0 Å². The van der Waals surface area contributed by atoms with Gasteiger partial charge in [-0.25, -0.2) is 0 Å². The van der Waals surface area contributed by atoms with E-state index in [0.717, 1.165) is 11.1 Å². The van der Waals surface area contributed by atoms with Crippen molar-refractivity contribution < 1.29 is 14.5 Å². The van der Waals surface area contributed by atoms with Crippen LogP contribution in [0.1, 0.15) is 27.0 Å². The highest BCUT2D eigenvalue weighted by molar-refractivity contribution is 6.35. The van der Waals surface area contributed by atoms with E-state index in [9.17, 15) is 14.9 Å². The third-order valence-corrected chi connectivity index (χ3v) is 5.87. The van der Waals surface area contributed by atoms with E-state index in [0.29, 0.717) is 33.5 Å². The van der Waals surface area contributed by atoms with Crippen LogP contribution in [0.2, 0.25) is 10.0 Å². The lowest BCUT2D eigenvalue weighted by molar-refractivity contribution is -0.386. The number of carbonyl (C=O) groups is 1. The Morgan fingerprint density at radius 2 is 1.83 bits per heavy atom. The first-order valence-corrected chi connectivity index (χ1v) is 11.3. The van der Waals surface area contributed by atoms with Crippen LogP contribution in [0.25, 0.3) is 0 Å². The largest absolute Gasteiger partial charge is 0.482 e. The molecule has 0 bridgehead atoms. The highest BCUT2D eigenvalue weighted by Crippen LogP contribution is 2.29. The van der Waals surface area contributed by atoms with Gasteiger partial charge in [0, 0.05) is 39.5 Å². The third kappa shape index (κ3) is 5.98. The number of benzene rings is 3. The smallest absolute Gasteiger partial charge is 0.311 e. The number of hydrogen-bond donors (Lipinski definition) is 1. The van der Waals surface area contributed by atoms with Gasteiger partial charge in [-0.15, -0.1) is 0 Å². The summed E-state index contributed by atoms with van der Waals surface area (Å²) in [6.07, 6.45) is 1.72. The van der Waals surface area contributed by atoms with Gasteiger partial charge in [0.15, 0.2) is 11.6 Å².